The third-order valence-corrected chi connectivity index (χ3v) is 3.88. The molecule has 0 unspecified atom stereocenters. The second-order valence-electron chi connectivity index (χ2n) is 6.43. The topological polar surface area (TPSA) is 65.7 Å². The first-order valence-corrected chi connectivity index (χ1v) is 8.81. The van der Waals surface area contributed by atoms with Gasteiger partial charge in [-0.25, -0.2) is 0 Å². The van der Waals surface area contributed by atoms with E-state index in [0.29, 0.717) is 5.69 Å². The van der Waals surface area contributed by atoms with Crippen molar-refractivity contribution in [2.24, 2.45) is 0 Å². The average molecular weight is 624 g/mol. The number of hydrogen-bond donors (Lipinski definition) is 0. The molecule has 3 heterocycles. The van der Waals surface area contributed by atoms with E-state index >= 15 is 0 Å². The maximum Gasteiger partial charge on any atom is 0.429 e. The summed E-state index contributed by atoms with van der Waals surface area (Å²) in [7, 11) is 0. The summed E-state index contributed by atoms with van der Waals surface area (Å²) in [5.74, 6) is -2.64. The van der Waals surface area contributed by atoms with Gasteiger partial charge in [-0.2, -0.15) is 13.2 Å². The number of aromatic nitrogens is 5. The fraction of sp³-hybridized carbons (Fsp3) is 0.143. The summed E-state index contributed by atoms with van der Waals surface area (Å²) < 4.78 is 62.6. The minimum atomic E-state index is -4.57. The van der Waals surface area contributed by atoms with Gasteiger partial charge in [0.1, 0.15) is 5.82 Å². The smallest absolute Gasteiger partial charge is 0.413 e. The van der Waals surface area contributed by atoms with Crippen LogP contribution >= 0.6 is 0 Å². The van der Waals surface area contributed by atoms with Gasteiger partial charge in [0.2, 0.25) is 0 Å². The van der Waals surface area contributed by atoms with Gasteiger partial charge in [0.15, 0.2) is 0 Å². The average Bonchev–Trinajstić information content (AvgIpc) is 3.19. The van der Waals surface area contributed by atoms with E-state index in [1.165, 1.54) is 6.20 Å². The van der Waals surface area contributed by atoms with Crippen LogP contribution in [0.3, 0.4) is 0 Å². The fourth-order valence-corrected chi connectivity index (χ4v) is 2.44. The molecule has 0 aliphatic carbocycles. The summed E-state index contributed by atoms with van der Waals surface area (Å²) in [6.45, 7) is 3.68. The first-order chi connectivity index (χ1) is 14.6. The first-order valence-electron chi connectivity index (χ1n) is 8.81. The van der Waals surface area contributed by atoms with E-state index in [4.69, 9.17) is 0 Å². The Bertz CT molecular complexity index is 1190. The molecule has 4 aromatic rings. The predicted molar refractivity (Wildman–Crippen MR) is 101 cm³/mol. The van der Waals surface area contributed by atoms with Crippen LogP contribution in [-0.4, -0.2) is 20.1 Å². The number of rotatable bonds is 2. The number of nitrogens with zero attached hydrogens (tertiary/aromatic N) is 5. The molecule has 1 radical (unpaired) electrons. The Morgan fingerprint density at radius 3 is 2.03 bits per heavy atom. The van der Waals surface area contributed by atoms with Crippen molar-refractivity contribution in [3.63, 3.8) is 0 Å². The van der Waals surface area contributed by atoms with Crippen molar-refractivity contribution >= 4 is 0 Å². The van der Waals surface area contributed by atoms with Crippen molar-refractivity contribution in [2.75, 3.05) is 0 Å². The first kappa shape index (κ1) is 25.2. The molecular formula is C21H14F5IrN5-2. The Kier molecular flexibility index (Phi) is 8.29. The van der Waals surface area contributed by atoms with Gasteiger partial charge in [-0.3, -0.25) is 18.9 Å². The molecule has 0 aliphatic rings. The predicted octanol–water partition coefficient (Wildman–Crippen LogP) is 4.96. The molecule has 0 saturated carbocycles. The largest absolute Gasteiger partial charge is 0.429 e. The molecular weight excluding hydrogens is 609 g/mol. The number of alkyl halides is 3. The number of aryl methyl sites for hydroxylation is 2. The molecule has 3 aromatic heterocycles. The van der Waals surface area contributed by atoms with Crippen LogP contribution in [0, 0.1) is 31.5 Å². The Labute approximate surface area is 193 Å². The second-order valence-corrected chi connectivity index (χ2v) is 6.43. The molecule has 4 rings (SSSR count). The Balaban J connectivity index is 0.000000220. The summed E-state index contributed by atoms with van der Waals surface area (Å²) in [6.07, 6.45) is -1.51. The third kappa shape index (κ3) is 6.48. The zero-order chi connectivity index (χ0) is 22.6. The minimum Gasteiger partial charge on any atom is -0.413 e. The molecule has 0 N–H and O–H groups in total. The SMILES string of the molecule is Cc1ccnc(-c2[c-]cc(F)cc2F)c1.Cc1ccnc(-c2nc(C(F)(F)F)n[n-]2)c1.[Ir]. The molecule has 0 atom stereocenters. The van der Waals surface area contributed by atoms with E-state index in [1.54, 1.807) is 31.3 Å². The van der Waals surface area contributed by atoms with Crippen LogP contribution in [0.15, 0.2) is 48.8 Å². The number of halogens is 5. The summed E-state index contributed by atoms with van der Waals surface area (Å²) in [6, 6.07) is 11.3. The van der Waals surface area contributed by atoms with Crippen LogP contribution in [-0.2, 0) is 26.3 Å². The van der Waals surface area contributed by atoms with Gasteiger partial charge < -0.3 is 15.1 Å². The third-order valence-electron chi connectivity index (χ3n) is 3.88. The van der Waals surface area contributed by atoms with Gasteiger partial charge in [-0.1, -0.05) is 23.3 Å². The van der Waals surface area contributed by atoms with Crippen LogP contribution in [0.1, 0.15) is 17.0 Å². The molecule has 0 fully saturated rings. The molecule has 5 nitrogen and oxygen atoms in total. The van der Waals surface area contributed by atoms with Gasteiger partial charge in [0, 0.05) is 44.1 Å². The van der Waals surface area contributed by atoms with E-state index in [-0.39, 0.29) is 37.2 Å². The molecule has 1 aromatic carbocycles. The Morgan fingerprint density at radius 1 is 0.906 bits per heavy atom. The van der Waals surface area contributed by atoms with Crippen LogP contribution in [0.4, 0.5) is 22.0 Å². The minimum absolute atomic E-state index is 0. The van der Waals surface area contributed by atoms with Crippen molar-refractivity contribution in [3.8, 4) is 22.8 Å². The summed E-state index contributed by atoms with van der Waals surface area (Å²) in [4.78, 5) is 11.2. The summed E-state index contributed by atoms with van der Waals surface area (Å²) in [5.41, 5.74) is 2.77. The van der Waals surface area contributed by atoms with Crippen molar-refractivity contribution in [1.82, 2.24) is 25.1 Å². The monoisotopic (exact) mass is 624 g/mol. The molecule has 169 valence electrons. The van der Waals surface area contributed by atoms with Gasteiger partial charge in [0.25, 0.3) is 0 Å². The molecule has 0 spiro atoms. The van der Waals surface area contributed by atoms with E-state index in [2.05, 4.69) is 31.2 Å². The summed E-state index contributed by atoms with van der Waals surface area (Å²) >= 11 is 0. The maximum atomic E-state index is 13.4. The van der Waals surface area contributed by atoms with E-state index in [0.717, 1.165) is 23.3 Å². The van der Waals surface area contributed by atoms with E-state index in [9.17, 15) is 22.0 Å². The van der Waals surface area contributed by atoms with Crippen molar-refractivity contribution < 1.29 is 42.1 Å². The van der Waals surface area contributed by atoms with Crippen LogP contribution in [0.5, 0.6) is 0 Å². The second kappa shape index (κ2) is 10.5. The number of benzene rings is 1. The van der Waals surface area contributed by atoms with Gasteiger partial charge in [-0.05, 0) is 49.1 Å². The molecule has 0 saturated heterocycles. The molecule has 0 aliphatic heterocycles. The van der Waals surface area contributed by atoms with Crippen molar-refractivity contribution in [3.05, 3.63) is 83.4 Å². The zero-order valence-corrected chi connectivity index (χ0v) is 19.0. The maximum absolute atomic E-state index is 13.4. The van der Waals surface area contributed by atoms with Gasteiger partial charge in [-0.15, -0.1) is 12.1 Å². The van der Waals surface area contributed by atoms with E-state index < -0.39 is 23.6 Å². The van der Waals surface area contributed by atoms with Crippen LogP contribution < -0.4 is 5.10 Å². The molecule has 32 heavy (non-hydrogen) atoms. The zero-order valence-electron chi connectivity index (χ0n) is 16.6. The Hall–Kier alpha value is -3.04. The number of pyridine rings is 2. The summed E-state index contributed by atoms with van der Waals surface area (Å²) in [5, 5.41) is 6.32. The van der Waals surface area contributed by atoms with Crippen molar-refractivity contribution in [2.45, 2.75) is 20.0 Å². The quantitative estimate of drug-likeness (QED) is 0.234. The van der Waals surface area contributed by atoms with Crippen molar-refractivity contribution in [1.29, 1.82) is 0 Å². The van der Waals surface area contributed by atoms with Gasteiger partial charge >= 0.3 is 6.18 Å². The van der Waals surface area contributed by atoms with E-state index in [1.807, 2.05) is 13.0 Å². The van der Waals surface area contributed by atoms with Crippen LogP contribution in [0.2, 0.25) is 0 Å². The number of hydrogen-bond acceptors (Lipinski definition) is 4. The fourth-order valence-electron chi connectivity index (χ4n) is 2.44. The van der Waals surface area contributed by atoms with Gasteiger partial charge in [0.05, 0.1) is 5.69 Å². The Morgan fingerprint density at radius 2 is 1.50 bits per heavy atom. The molecule has 0 amide bonds. The molecule has 0 bridgehead atoms. The standard InChI is InChI=1S/C12H8F2N.C9H6F3N4.Ir/c1-8-4-5-15-12(6-8)10-3-2-9(13)7-11(10)14;1-5-2-3-13-6(4-5)7-14-8(16-15-7)9(10,11)12;/h2,4-7H,1H3;2-4H,1H3;/q2*-1;. The normalized spacial score (nSPS) is 10.7. The van der Waals surface area contributed by atoms with Crippen LogP contribution in [0.25, 0.3) is 22.8 Å². The molecule has 11 heteroatoms.